The summed E-state index contributed by atoms with van der Waals surface area (Å²) in [5.41, 5.74) is 2.14. The Bertz CT molecular complexity index is 646. The Labute approximate surface area is 122 Å². The van der Waals surface area contributed by atoms with E-state index in [4.69, 9.17) is 0 Å². The average Bonchev–Trinajstić information content (AvgIpc) is 2.47. The van der Waals surface area contributed by atoms with Gasteiger partial charge in [-0.25, -0.2) is 0 Å². The number of carboxylic acids is 1. The summed E-state index contributed by atoms with van der Waals surface area (Å²) < 4.78 is 0. The van der Waals surface area contributed by atoms with Gasteiger partial charge in [0.1, 0.15) is 0 Å². The maximum atomic E-state index is 12.1. The first kappa shape index (κ1) is 14.6. The van der Waals surface area contributed by atoms with Crippen LogP contribution in [0.4, 0.5) is 11.4 Å². The van der Waals surface area contributed by atoms with Crippen molar-refractivity contribution in [1.29, 1.82) is 0 Å². The predicted molar refractivity (Wildman–Crippen MR) is 79.5 cm³/mol. The lowest BCUT2D eigenvalue weighted by molar-refractivity contribution is -0.255. The largest absolute Gasteiger partial charge is 0.545 e. The third-order valence-electron chi connectivity index (χ3n) is 3.02. The Kier molecular flexibility index (Phi) is 4.23. The molecule has 0 atom stereocenters. The average molecular weight is 283 g/mol. The van der Waals surface area contributed by atoms with Crippen molar-refractivity contribution < 1.29 is 14.7 Å². The molecular weight excluding hydrogens is 268 g/mol. The molecule has 0 spiro atoms. The molecule has 5 heteroatoms. The molecule has 108 valence electrons. The minimum atomic E-state index is -1.24. The van der Waals surface area contributed by atoms with Crippen LogP contribution >= 0.6 is 0 Å². The van der Waals surface area contributed by atoms with Gasteiger partial charge in [0.25, 0.3) is 5.91 Å². The number of hydrogen-bond donors (Lipinski definition) is 1. The van der Waals surface area contributed by atoms with E-state index in [1.54, 1.807) is 12.1 Å². The lowest BCUT2D eigenvalue weighted by Gasteiger charge is -2.12. The number of nitrogens with one attached hydrogen (secondary N) is 1. The van der Waals surface area contributed by atoms with Gasteiger partial charge in [-0.2, -0.15) is 0 Å². The fourth-order valence-corrected chi connectivity index (χ4v) is 1.80. The lowest BCUT2D eigenvalue weighted by atomic mass is 10.1. The third-order valence-corrected chi connectivity index (χ3v) is 3.02. The summed E-state index contributed by atoms with van der Waals surface area (Å²) in [6.07, 6.45) is 0. The normalized spacial score (nSPS) is 10.0. The second-order valence-corrected chi connectivity index (χ2v) is 4.76. The highest BCUT2D eigenvalue weighted by Crippen LogP contribution is 2.14. The molecule has 0 radical (unpaired) electrons. The van der Waals surface area contributed by atoms with E-state index >= 15 is 0 Å². The molecule has 0 unspecified atom stereocenters. The van der Waals surface area contributed by atoms with Crippen LogP contribution in [0.15, 0.2) is 48.5 Å². The SMILES string of the molecule is CN(C)c1ccc(C(=O)Nc2ccc(C(=O)[O-])cc2)cc1. The van der Waals surface area contributed by atoms with Gasteiger partial charge in [-0.15, -0.1) is 0 Å². The molecule has 0 aliphatic heterocycles. The molecule has 0 aromatic heterocycles. The molecule has 0 saturated carbocycles. The third kappa shape index (κ3) is 3.60. The summed E-state index contributed by atoms with van der Waals surface area (Å²) in [6, 6.07) is 13.0. The first-order chi connectivity index (χ1) is 9.97. The number of carboxylic acid groups (broad SMARTS) is 1. The zero-order valence-electron chi connectivity index (χ0n) is 11.8. The Balaban J connectivity index is 2.08. The van der Waals surface area contributed by atoms with E-state index in [2.05, 4.69) is 5.32 Å². The zero-order valence-corrected chi connectivity index (χ0v) is 11.8. The quantitative estimate of drug-likeness (QED) is 0.919. The number of benzene rings is 2. The molecule has 0 heterocycles. The molecule has 5 nitrogen and oxygen atoms in total. The number of nitrogens with zero attached hydrogens (tertiary/aromatic N) is 1. The Morgan fingerprint density at radius 2 is 1.43 bits per heavy atom. The fourth-order valence-electron chi connectivity index (χ4n) is 1.80. The van der Waals surface area contributed by atoms with Crippen molar-refractivity contribution in [2.45, 2.75) is 0 Å². The summed E-state index contributed by atoms with van der Waals surface area (Å²) >= 11 is 0. The van der Waals surface area contributed by atoms with Gasteiger partial charge in [-0.1, -0.05) is 12.1 Å². The maximum absolute atomic E-state index is 12.1. The number of carbonyl (C=O) groups is 2. The van der Waals surface area contributed by atoms with Gasteiger partial charge < -0.3 is 20.1 Å². The minimum absolute atomic E-state index is 0.0725. The summed E-state index contributed by atoms with van der Waals surface area (Å²) in [6.45, 7) is 0. The highest BCUT2D eigenvalue weighted by Gasteiger charge is 2.06. The molecule has 2 aromatic carbocycles. The molecule has 1 amide bonds. The number of rotatable bonds is 4. The van der Waals surface area contributed by atoms with Crippen LogP contribution < -0.4 is 15.3 Å². The fraction of sp³-hybridized carbons (Fsp3) is 0.125. The molecule has 0 bridgehead atoms. The van der Waals surface area contributed by atoms with Gasteiger partial charge in [-0.3, -0.25) is 4.79 Å². The molecule has 1 N–H and O–H groups in total. The second kappa shape index (κ2) is 6.09. The van der Waals surface area contributed by atoms with Crippen LogP contribution in [-0.4, -0.2) is 26.0 Å². The van der Waals surface area contributed by atoms with E-state index in [1.807, 2.05) is 31.1 Å². The molecule has 2 aromatic rings. The summed E-state index contributed by atoms with van der Waals surface area (Å²) in [7, 11) is 3.85. The van der Waals surface area contributed by atoms with E-state index < -0.39 is 5.97 Å². The monoisotopic (exact) mass is 283 g/mol. The van der Waals surface area contributed by atoms with Crippen molar-refractivity contribution in [3.8, 4) is 0 Å². The smallest absolute Gasteiger partial charge is 0.255 e. The van der Waals surface area contributed by atoms with Gasteiger partial charge in [0.15, 0.2) is 0 Å². The van der Waals surface area contributed by atoms with Crippen molar-refractivity contribution >= 4 is 23.3 Å². The first-order valence-corrected chi connectivity index (χ1v) is 6.37. The van der Waals surface area contributed by atoms with E-state index in [-0.39, 0.29) is 11.5 Å². The van der Waals surface area contributed by atoms with E-state index in [9.17, 15) is 14.7 Å². The van der Waals surface area contributed by atoms with Gasteiger partial charge in [0.05, 0.1) is 5.97 Å². The molecule has 0 fully saturated rings. The molecule has 21 heavy (non-hydrogen) atoms. The van der Waals surface area contributed by atoms with Crippen LogP contribution in [0.5, 0.6) is 0 Å². The van der Waals surface area contributed by atoms with E-state index in [1.165, 1.54) is 24.3 Å². The van der Waals surface area contributed by atoms with Crippen LogP contribution in [0.25, 0.3) is 0 Å². The van der Waals surface area contributed by atoms with Crippen LogP contribution in [-0.2, 0) is 0 Å². The van der Waals surface area contributed by atoms with E-state index in [0.717, 1.165) is 5.69 Å². The number of amides is 1. The highest BCUT2D eigenvalue weighted by molar-refractivity contribution is 6.04. The molecule has 0 saturated heterocycles. The van der Waals surface area contributed by atoms with Crippen LogP contribution in [0.2, 0.25) is 0 Å². The van der Waals surface area contributed by atoms with Crippen molar-refractivity contribution in [1.82, 2.24) is 0 Å². The number of carbonyl (C=O) groups excluding carboxylic acids is 2. The Morgan fingerprint density at radius 1 is 0.905 bits per heavy atom. The topological polar surface area (TPSA) is 72.5 Å². The summed E-state index contributed by atoms with van der Waals surface area (Å²) in [4.78, 5) is 24.6. The van der Waals surface area contributed by atoms with Gasteiger partial charge in [0, 0.05) is 31.0 Å². The zero-order chi connectivity index (χ0) is 15.4. The Hall–Kier alpha value is -2.82. The van der Waals surface area contributed by atoms with Crippen LogP contribution in [0.1, 0.15) is 20.7 Å². The second-order valence-electron chi connectivity index (χ2n) is 4.76. The predicted octanol–water partition coefficient (Wildman–Crippen LogP) is 1.37. The highest BCUT2D eigenvalue weighted by atomic mass is 16.4. The number of hydrogen-bond acceptors (Lipinski definition) is 4. The maximum Gasteiger partial charge on any atom is 0.255 e. The van der Waals surface area contributed by atoms with E-state index in [0.29, 0.717) is 11.3 Å². The Morgan fingerprint density at radius 3 is 1.90 bits per heavy atom. The molecule has 0 aliphatic rings. The van der Waals surface area contributed by atoms with Crippen molar-refractivity contribution in [3.63, 3.8) is 0 Å². The summed E-state index contributed by atoms with van der Waals surface area (Å²) in [5.74, 6) is -1.49. The molecular formula is C16H15N2O3-. The van der Waals surface area contributed by atoms with Gasteiger partial charge in [0.2, 0.25) is 0 Å². The lowest BCUT2D eigenvalue weighted by Crippen LogP contribution is -2.22. The first-order valence-electron chi connectivity index (χ1n) is 6.37. The summed E-state index contributed by atoms with van der Waals surface area (Å²) in [5, 5.41) is 13.3. The van der Waals surface area contributed by atoms with Gasteiger partial charge >= 0.3 is 0 Å². The van der Waals surface area contributed by atoms with Crippen molar-refractivity contribution in [2.24, 2.45) is 0 Å². The van der Waals surface area contributed by atoms with Crippen LogP contribution in [0.3, 0.4) is 0 Å². The number of anilines is 2. The number of aromatic carboxylic acids is 1. The molecule has 0 aliphatic carbocycles. The van der Waals surface area contributed by atoms with Crippen molar-refractivity contribution in [2.75, 3.05) is 24.3 Å². The standard InChI is InChI=1S/C16H16N2O3/c1-18(2)14-9-5-11(6-10-14)15(19)17-13-7-3-12(4-8-13)16(20)21/h3-10H,1-2H3,(H,17,19)(H,20,21)/p-1. The minimum Gasteiger partial charge on any atom is -0.545 e. The van der Waals surface area contributed by atoms with Crippen molar-refractivity contribution in [3.05, 3.63) is 59.7 Å². The van der Waals surface area contributed by atoms with Gasteiger partial charge in [-0.05, 0) is 42.0 Å². The molecule has 2 rings (SSSR count). The van der Waals surface area contributed by atoms with Crippen LogP contribution in [0, 0.1) is 0 Å².